The first-order chi connectivity index (χ1) is 7.68. The lowest BCUT2D eigenvalue weighted by Crippen LogP contribution is -2.47. The van der Waals surface area contributed by atoms with Crippen molar-refractivity contribution in [3.05, 3.63) is 0 Å². The highest BCUT2D eigenvalue weighted by atomic mass is 16.2. The number of hydrogen-bond acceptors (Lipinski definition) is 2. The summed E-state index contributed by atoms with van der Waals surface area (Å²) < 4.78 is 0. The SMILES string of the molecule is CCC(C)NC(=O)C(C)NCC(C)C(C)(C)C. The Hall–Kier alpha value is -0.570. The molecule has 2 N–H and O–H groups in total. The maximum Gasteiger partial charge on any atom is 0.237 e. The second kappa shape index (κ2) is 7.00. The molecule has 0 aromatic rings. The molecule has 0 aliphatic rings. The Labute approximate surface area is 107 Å². The lowest BCUT2D eigenvalue weighted by molar-refractivity contribution is -0.123. The quantitative estimate of drug-likeness (QED) is 0.751. The fourth-order valence-electron chi connectivity index (χ4n) is 1.22. The van der Waals surface area contributed by atoms with Gasteiger partial charge >= 0.3 is 0 Å². The van der Waals surface area contributed by atoms with Crippen LogP contribution in [0.25, 0.3) is 0 Å². The third kappa shape index (κ3) is 6.67. The van der Waals surface area contributed by atoms with Gasteiger partial charge in [0.1, 0.15) is 0 Å². The van der Waals surface area contributed by atoms with Crippen LogP contribution in [0.1, 0.15) is 54.9 Å². The number of rotatable bonds is 6. The fraction of sp³-hybridized carbons (Fsp3) is 0.929. The van der Waals surface area contributed by atoms with E-state index < -0.39 is 0 Å². The average molecular weight is 242 g/mol. The Kier molecular flexibility index (Phi) is 6.76. The molecule has 17 heavy (non-hydrogen) atoms. The van der Waals surface area contributed by atoms with E-state index in [2.05, 4.69) is 45.3 Å². The maximum absolute atomic E-state index is 11.8. The monoisotopic (exact) mass is 242 g/mol. The summed E-state index contributed by atoms with van der Waals surface area (Å²) in [6.07, 6.45) is 0.969. The molecule has 0 saturated heterocycles. The van der Waals surface area contributed by atoms with E-state index in [1.165, 1.54) is 0 Å². The lowest BCUT2D eigenvalue weighted by atomic mass is 9.82. The molecular formula is C14H30N2O. The molecule has 0 aromatic carbocycles. The fourth-order valence-corrected chi connectivity index (χ4v) is 1.22. The number of carbonyl (C=O) groups excluding carboxylic acids is 1. The van der Waals surface area contributed by atoms with E-state index >= 15 is 0 Å². The highest BCUT2D eigenvalue weighted by Gasteiger charge is 2.21. The van der Waals surface area contributed by atoms with Crippen LogP contribution >= 0.6 is 0 Å². The van der Waals surface area contributed by atoms with E-state index in [9.17, 15) is 4.79 Å². The Bertz CT molecular complexity index is 233. The minimum Gasteiger partial charge on any atom is -0.352 e. The molecule has 0 heterocycles. The smallest absolute Gasteiger partial charge is 0.237 e. The molecule has 0 rings (SSSR count). The molecule has 1 amide bonds. The van der Waals surface area contributed by atoms with Gasteiger partial charge in [0.25, 0.3) is 0 Å². The molecule has 0 aliphatic carbocycles. The molecule has 0 radical (unpaired) electrons. The van der Waals surface area contributed by atoms with Gasteiger partial charge in [-0.25, -0.2) is 0 Å². The second-order valence-electron chi connectivity index (χ2n) is 6.21. The van der Waals surface area contributed by atoms with Crippen LogP contribution in [0.4, 0.5) is 0 Å². The summed E-state index contributed by atoms with van der Waals surface area (Å²) in [4.78, 5) is 11.8. The highest BCUT2D eigenvalue weighted by Crippen LogP contribution is 2.24. The van der Waals surface area contributed by atoms with Gasteiger partial charge in [-0.05, 0) is 38.1 Å². The Morgan fingerprint density at radius 2 is 1.71 bits per heavy atom. The van der Waals surface area contributed by atoms with Crippen LogP contribution in [0.2, 0.25) is 0 Å². The summed E-state index contributed by atoms with van der Waals surface area (Å²) >= 11 is 0. The standard InChI is InChI=1S/C14H30N2O/c1-8-11(3)16-13(17)12(4)15-9-10(2)14(5,6)7/h10-12,15H,8-9H2,1-7H3,(H,16,17). The zero-order valence-corrected chi connectivity index (χ0v) is 12.6. The van der Waals surface area contributed by atoms with Crippen molar-refractivity contribution in [2.75, 3.05) is 6.54 Å². The molecule has 3 unspecified atom stereocenters. The van der Waals surface area contributed by atoms with E-state index in [1.807, 2.05) is 13.8 Å². The number of hydrogen-bond donors (Lipinski definition) is 2. The van der Waals surface area contributed by atoms with Gasteiger partial charge in [0.05, 0.1) is 6.04 Å². The van der Waals surface area contributed by atoms with Gasteiger partial charge in [-0.1, -0.05) is 34.6 Å². The molecule has 0 aliphatic heterocycles. The van der Waals surface area contributed by atoms with Crippen molar-refractivity contribution >= 4 is 5.91 Å². The van der Waals surface area contributed by atoms with Gasteiger partial charge in [-0.3, -0.25) is 4.79 Å². The van der Waals surface area contributed by atoms with E-state index in [4.69, 9.17) is 0 Å². The first-order valence-corrected chi connectivity index (χ1v) is 6.72. The summed E-state index contributed by atoms with van der Waals surface area (Å²) in [5, 5.41) is 6.30. The van der Waals surface area contributed by atoms with Crippen LogP contribution in [0.3, 0.4) is 0 Å². The molecule has 3 nitrogen and oxygen atoms in total. The molecule has 0 fully saturated rings. The summed E-state index contributed by atoms with van der Waals surface area (Å²) in [5.41, 5.74) is 0.278. The Morgan fingerprint density at radius 1 is 1.18 bits per heavy atom. The van der Waals surface area contributed by atoms with Crippen molar-refractivity contribution in [3.8, 4) is 0 Å². The zero-order valence-electron chi connectivity index (χ0n) is 12.6. The van der Waals surface area contributed by atoms with Crippen molar-refractivity contribution in [3.63, 3.8) is 0 Å². The third-order valence-electron chi connectivity index (χ3n) is 3.60. The van der Waals surface area contributed by atoms with E-state index in [0.717, 1.165) is 13.0 Å². The first kappa shape index (κ1) is 16.4. The van der Waals surface area contributed by atoms with Crippen molar-refractivity contribution in [1.29, 1.82) is 0 Å². The minimum absolute atomic E-state index is 0.0976. The average Bonchev–Trinajstić information content (AvgIpc) is 2.23. The van der Waals surface area contributed by atoms with Crippen molar-refractivity contribution in [2.45, 2.75) is 67.0 Å². The van der Waals surface area contributed by atoms with Gasteiger partial charge in [0, 0.05) is 6.04 Å². The lowest BCUT2D eigenvalue weighted by Gasteiger charge is -2.28. The molecule has 3 atom stereocenters. The molecular weight excluding hydrogens is 212 g/mol. The molecule has 102 valence electrons. The van der Waals surface area contributed by atoms with E-state index in [-0.39, 0.29) is 23.4 Å². The topological polar surface area (TPSA) is 41.1 Å². The molecule has 0 aromatic heterocycles. The van der Waals surface area contributed by atoms with Gasteiger partial charge < -0.3 is 10.6 Å². The van der Waals surface area contributed by atoms with Crippen molar-refractivity contribution in [1.82, 2.24) is 10.6 Å². The van der Waals surface area contributed by atoms with Gasteiger partial charge in [0.15, 0.2) is 0 Å². The Morgan fingerprint density at radius 3 is 2.12 bits per heavy atom. The van der Waals surface area contributed by atoms with Crippen LogP contribution in [0, 0.1) is 11.3 Å². The largest absolute Gasteiger partial charge is 0.352 e. The van der Waals surface area contributed by atoms with Gasteiger partial charge in [0.2, 0.25) is 5.91 Å². The van der Waals surface area contributed by atoms with Crippen LogP contribution < -0.4 is 10.6 Å². The van der Waals surface area contributed by atoms with Crippen LogP contribution in [-0.2, 0) is 4.79 Å². The summed E-state index contributed by atoms with van der Waals surface area (Å²) in [5.74, 6) is 0.641. The first-order valence-electron chi connectivity index (χ1n) is 6.72. The zero-order chi connectivity index (χ0) is 13.6. The minimum atomic E-state index is -0.117. The van der Waals surface area contributed by atoms with Crippen molar-refractivity contribution < 1.29 is 4.79 Å². The van der Waals surface area contributed by atoms with Crippen LogP contribution in [0.15, 0.2) is 0 Å². The van der Waals surface area contributed by atoms with Crippen LogP contribution in [0.5, 0.6) is 0 Å². The maximum atomic E-state index is 11.8. The van der Waals surface area contributed by atoms with Gasteiger partial charge in [-0.2, -0.15) is 0 Å². The predicted molar refractivity (Wildman–Crippen MR) is 74.0 cm³/mol. The van der Waals surface area contributed by atoms with Crippen molar-refractivity contribution in [2.24, 2.45) is 11.3 Å². The second-order valence-corrected chi connectivity index (χ2v) is 6.21. The van der Waals surface area contributed by atoms with E-state index in [0.29, 0.717) is 5.92 Å². The number of amides is 1. The molecule has 3 heteroatoms. The predicted octanol–water partition coefficient (Wildman–Crippen LogP) is 2.56. The highest BCUT2D eigenvalue weighted by molar-refractivity contribution is 5.81. The van der Waals surface area contributed by atoms with Gasteiger partial charge in [-0.15, -0.1) is 0 Å². The molecule has 0 bridgehead atoms. The van der Waals surface area contributed by atoms with E-state index in [1.54, 1.807) is 0 Å². The van der Waals surface area contributed by atoms with Crippen LogP contribution in [-0.4, -0.2) is 24.5 Å². The summed E-state index contributed by atoms with van der Waals surface area (Å²) in [7, 11) is 0. The number of carbonyl (C=O) groups is 1. The summed E-state index contributed by atoms with van der Waals surface area (Å²) in [6, 6.07) is 0.139. The number of nitrogens with one attached hydrogen (secondary N) is 2. The molecule has 0 saturated carbocycles. The normalized spacial score (nSPS) is 17.4. The Balaban J connectivity index is 4.01. The molecule has 0 spiro atoms. The summed E-state index contributed by atoms with van der Waals surface area (Å²) in [6.45, 7) is 15.8. The third-order valence-corrected chi connectivity index (χ3v) is 3.60.